The van der Waals surface area contributed by atoms with E-state index >= 15 is 0 Å². The molecule has 0 amide bonds. The third-order valence-corrected chi connectivity index (χ3v) is 8.78. The third-order valence-electron chi connectivity index (χ3n) is 8.16. The molecule has 1 heterocycles. The second kappa shape index (κ2) is 6.42. The second-order valence-corrected chi connectivity index (χ2v) is 11.4. The Morgan fingerprint density at radius 1 is 1.21 bits per heavy atom. The van der Waals surface area contributed by atoms with Gasteiger partial charge >= 0.3 is 0 Å². The van der Waals surface area contributed by atoms with Crippen LogP contribution in [0.4, 0.5) is 0 Å². The van der Waals surface area contributed by atoms with E-state index in [-0.39, 0.29) is 16.9 Å². The Morgan fingerprint density at radius 2 is 2.03 bits per heavy atom. The van der Waals surface area contributed by atoms with Crippen molar-refractivity contribution < 1.29 is 12.6 Å². The number of fused-ring (bicyclic) bond motifs is 5. The Balaban J connectivity index is 1.42. The van der Waals surface area contributed by atoms with Crippen LogP contribution < -0.4 is 0 Å². The first kappa shape index (κ1) is 19.3. The highest BCUT2D eigenvalue weighted by atomic mass is 32.2. The molecular formula is C23H30N2O3S. The van der Waals surface area contributed by atoms with Crippen molar-refractivity contribution in [3.8, 4) is 0 Å². The van der Waals surface area contributed by atoms with E-state index in [2.05, 4.69) is 41.6 Å². The van der Waals surface area contributed by atoms with Gasteiger partial charge in [0.05, 0.1) is 18.7 Å². The van der Waals surface area contributed by atoms with Crippen LogP contribution in [0.1, 0.15) is 52.4 Å². The monoisotopic (exact) mass is 414 g/mol. The number of nitrogens with zero attached hydrogens (tertiary/aromatic N) is 2. The van der Waals surface area contributed by atoms with Gasteiger partial charge < -0.3 is 4.57 Å². The van der Waals surface area contributed by atoms with Crippen molar-refractivity contribution in [1.82, 2.24) is 9.55 Å². The summed E-state index contributed by atoms with van der Waals surface area (Å²) >= 11 is 0. The van der Waals surface area contributed by atoms with Crippen molar-refractivity contribution >= 4 is 15.8 Å². The van der Waals surface area contributed by atoms with Gasteiger partial charge in [0.25, 0.3) is 10.1 Å². The van der Waals surface area contributed by atoms with Gasteiger partial charge in [0.15, 0.2) is 0 Å². The van der Waals surface area contributed by atoms with Gasteiger partial charge in [-0.3, -0.25) is 4.18 Å². The van der Waals surface area contributed by atoms with Crippen LogP contribution in [0.5, 0.6) is 0 Å². The minimum atomic E-state index is -3.40. The summed E-state index contributed by atoms with van der Waals surface area (Å²) in [5.74, 6) is 1.18. The van der Waals surface area contributed by atoms with Crippen LogP contribution in [-0.4, -0.2) is 30.3 Å². The maximum atomic E-state index is 11.6. The van der Waals surface area contributed by atoms with E-state index in [0.717, 1.165) is 38.4 Å². The summed E-state index contributed by atoms with van der Waals surface area (Å²) in [7, 11) is -3.40. The summed E-state index contributed by atoms with van der Waals surface area (Å²) in [6.45, 7) is 4.81. The SMILES string of the molecule is C[C@]12CC[C@H]3[C@@H](CC=C4C[C@@H](OS(C)(=O)=O)CC[C@@]43C)C1=CC=C2n1ccnc1. The fourth-order valence-electron chi connectivity index (χ4n) is 6.72. The normalized spacial score (nSPS) is 39.0. The zero-order valence-corrected chi connectivity index (χ0v) is 18.3. The number of rotatable bonds is 3. The quantitative estimate of drug-likeness (QED) is 0.537. The first-order valence-corrected chi connectivity index (χ1v) is 12.5. The molecule has 0 spiro atoms. The van der Waals surface area contributed by atoms with E-state index in [4.69, 9.17) is 4.18 Å². The number of imidazole rings is 1. The van der Waals surface area contributed by atoms with Gasteiger partial charge in [0.2, 0.25) is 0 Å². The summed E-state index contributed by atoms with van der Waals surface area (Å²) in [6, 6.07) is 0. The fourth-order valence-corrected chi connectivity index (χ4v) is 7.38. The Morgan fingerprint density at radius 3 is 2.76 bits per heavy atom. The molecule has 156 valence electrons. The van der Waals surface area contributed by atoms with Crippen LogP contribution in [0, 0.1) is 22.7 Å². The Hall–Kier alpha value is -1.66. The number of hydrogen-bond acceptors (Lipinski definition) is 4. The standard InChI is InChI=1S/C23H30N2O3S/c1-22-10-8-17(28-29(3,26)27)14-16(22)4-5-18-19-6-7-21(25-13-12-24-15-25)23(19,2)11-9-20(18)22/h4,6-7,12-13,15,17-18,20H,5,8-11,14H2,1-3H3/t17-,18-,20-,22-,23-/m0/s1. The molecule has 1 aromatic rings. The van der Waals surface area contributed by atoms with Gasteiger partial charge in [-0.2, -0.15) is 8.42 Å². The average molecular weight is 415 g/mol. The summed E-state index contributed by atoms with van der Waals surface area (Å²) in [4.78, 5) is 4.25. The lowest BCUT2D eigenvalue weighted by molar-refractivity contribution is 0.0461. The zero-order valence-electron chi connectivity index (χ0n) is 17.5. The maximum Gasteiger partial charge on any atom is 0.264 e. The smallest absolute Gasteiger partial charge is 0.264 e. The van der Waals surface area contributed by atoms with Crippen molar-refractivity contribution in [2.75, 3.05) is 6.26 Å². The molecule has 0 bridgehead atoms. The van der Waals surface area contributed by atoms with E-state index in [9.17, 15) is 8.42 Å². The molecular weight excluding hydrogens is 384 g/mol. The molecule has 0 aliphatic heterocycles. The first-order chi connectivity index (χ1) is 13.7. The topological polar surface area (TPSA) is 61.2 Å². The van der Waals surface area contributed by atoms with Gasteiger partial charge in [-0.25, -0.2) is 4.98 Å². The van der Waals surface area contributed by atoms with Crippen LogP contribution >= 0.6 is 0 Å². The predicted molar refractivity (Wildman–Crippen MR) is 113 cm³/mol. The highest BCUT2D eigenvalue weighted by Crippen LogP contribution is 2.64. The molecule has 2 fully saturated rings. The minimum absolute atomic E-state index is 0.0835. The summed E-state index contributed by atoms with van der Waals surface area (Å²) < 4.78 is 30.7. The van der Waals surface area contributed by atoms with E-state index in [1.807, 2.05) is 18.7 Å². The molecule has 0 saturated heterocycles. The lowest BCUT2D eigenvalue weighted by Gasteiger charge is -2.56. The fraction of sp³-hybridized carbons (Fsp3) is 0.609. The number of hydrogen-bond donors (Lipinski definition) is 0. The minimum Gasteiger partial charge on any atom is -0.309 e. The molecule has 0 radical (unpaired) electrons. The van der Waals surface area contributed by atoms with E-state index < -0.39 is 10.1 Å². The van der Waals surface area contributed by atoms with E-state index in [1.165, 1.54) is 17.7 Å². The van der Waals surface area contributed by atoms with Gasteiger partial charge in [-0.1, -0.05) is 37.1 Å². The Kier molecular flexibility index (Phi) is 4.27. The number of allylic oxidation sites excluding steroid dienone is 5. The molecule has 2 saturated carbocycles. The van der Waals surface area contributed by atoms with Crippen LogP contribution in [0.2, 0.25) is 0 Å². The maximum absolute atomic E-state index is 11.6. The van der Waals surface area contributed by atoms with Crippen molar-refractivity contribution in [2.24, 2.45) is 22.7 Å². The highest BCUT2D eigenvalue weighted by Gasteiger charge is 2.54. The van der Waals surface area contributed by atoms with Crippen LogP contribution in [0.3, 0.4) is 0 Å². The summed E-state index contributed by atoms with van der Waals surface area (Å²) in [5.41, 5.74) is 4.57. The van der Waals surface area contributed by atoms with Crippen molar-refractivity contribution in [3.05, 3.63) is 48.1 Å². The van der Waals surface area contributed by atoms with Gasteiger partial charge in [0.1, 0.15) is 0 Å². The van der Waals surface area contributed by atoms with E-state index in [0.29, 0.717) is 11.8 Å². The molecule has 4 aliphatic rings. The zero-order chi connectivity index (χ0) is 20.4. The van der Waals surface area contributed by atoms with Gasteiger partial charge in [-0.05, 0) is 61.9 Å². The lowest BCUT2D eigenvalue weighted by Crippen LogP contribution is -2.47. The molecule has 6 heteroatoms. The van der Waals surface area contributed by atoms with Gasteiger partial charge in [0, 0.05) is 23.5 Å². The van der Waals surface area contributed by atoms with E-state index in [1.54, 1.807) is 5.57 Å². The Labute approximate surface area is 173 Å². The second-order valence-electron chi connectivity index (χ2n) is 9.78. The van der Waals surface area contributed by atoms with Crippen molar-refractivity contribution in [2.45, 2.75) is 58.5 Å². The lowest BCUT2D eigenvalue weighted by atomic mass is 9.49. The molecule has 4 aliphatic carbocycles. The molecule has 29 heavy (non-hydrogen) atoms. The average Bonchev–Trinajstić information content (AvgIpc) is 3.27. The highest BCUT2D eigenvalue weighted by molar-refractivity contribution is 7.86. The third kappa shape index (κ3) is 2.98. The summed E-state index contributed by atoms with van der Waals surface area (Å²) in [5, 5.41) is 0. The largest absolute Gasteiger partial charge is 0.309 e. The van der Waals surface area contributed by atoms with Crippen molar-refractivity contribution in [3.63, 3.8) is 0 Å². The van der Waals surface area contributed by atoms with Gasteiger partial charge in [-0.15, -0.1) is 0 Å². The molecule has 5 nitrogen and oxygen atoms in total. The van der Waals surface area contributed by atoms with Crippen molar-refractivity contribution in [1.29, 1.82) is 0 Å². The van der Waals surface area contributed by atoms with Crippen LogP contribution in [0.25, 0.3) is 5.70 Å². The number of aromatic nitrogens is 2. The van der Waals surface area contributed by atoms with Crippen LogP contribution in [-0.2, 0) is 14.3 Å². The van der Waals surface area contributed by atoms with Crippen LogP contribution in [0.15, 0.2) is 48.1 Å². The summed E-state index contributed by atoms with van der Waals surface area (Å²) in [6.07, 6.45) is 19.8. The molecule has 1 aromatic heterocycles. The predicted octanol–water partition coefficient (Wildman–Crippen LogP) is 4.56. The molecule has 0 unspecified atom stereocenters. The molecule has 0 aromatic carbocycles. The Bertz CT molecular complexity index is 1020. The molecule has 5 atom stereocenters. The first-order valence-electron chi connectivity index (χ1n) is 10.7. The molecule has 0 N–H and O–H groups in total. The molecule has 5 rings (SSSR count).